The minimum absolute atomic E-state index is 0.125. The predicted octanol–water partition coefficient (Wildman–Crippen LogP) is 1.73. The van der Waals surface area contributed by atoms with Gasteiger partial charge in [-0.1, -0.05) is 29.2 Å². The van der Waals surface area contributed by atoms with E-state index in [-0.39, 0.29) is 17.8 Å². The van der Waals surface area contributed by atoms with Gasteiger partial charge >= 0.3 is 6.01 Å². The molecule has 1 unspecified atom stereocenters. The Morgan fingerprint density at radius 3 is 2.78 bits per heavy atom. The molecule has 1 aromatic carbocycles. The van der Waals surface area contributed by atoms with Gasteiger partial charge in [-0.15, -0.1) is 0 Å². The van der Waals surface area contributed by atoms with Gasteiger partial charge in [-0.25, -0.2) is 0 Å². The molecule has 0 saturated carbocycles. The zero-order valence-corrected chi connectivity index (χ0v) is 12.7. The molecule has 0 bridgehead atoms. The maximum atomic E-state index is 12.2. The van der Waals surface area contributed by atoms with Crippen LogP contribution in [-0.2, 0) is 9.63 Å². The Hall–Kier alpha value is -2.97. The third-order valence-electron chi connectivity index (χ3n) is 3.31. The quantitative estimate of drug-likeness (QED) is 0.868. The van der Waals surface area contributed by atoms with Crippen LogP contribution in [0.15, 0.2) is 29.4 Å². The lowest BCUT2D eigenvalue weighted by Crippen LogP contribution is -2.28. The number of oxime groups is 1. The van der Waals surface area contributed by atoms with Gasteiger partial charge in [0.1, 0.15) is 5.75 Å². The van der Waals surface area contributed by atoms with Crippen molar-refractivity contribution >= 4 is 17.3 Å². The van der Waals surface area contributed by atoms with Crippen molar-refractivity contribution in [1.82, 2.24) is 20.6 Å². The van der Waals surface area contributed by atoms with Crippen LogP contribution in [-0.4, -0.2) is 38.3 Å². The second-order valence-electron chi connectivity index (χ2n) is 5.35. The first kappa shape index (κ1) is 14.9. The number of aromatic amines is 1. The Morgan fingerprint density at radius 1 is 1.39 bits per heavy atom. The Bertz CT molecular complexity index is 696. The maximum absolute atomic E-state index is 12.2. The van der Waals surface area contributed by atoms with Crippen LogP contribution in [0.2, 0.25) is 0 Å². The summed E-state index contributed by atoms with van der Waals surface area (Å²) in [5.74, 6) is 0.581. The van der Waals surface area contributed by atoms with Gasteiger partial charge in [0.2, 0.25) is 6.10 Å². The standard InChI is InChI=1S/C14H16N6O3/c1-8(2)11-7-12(23-18-11)13(21)15-9-3-5-10(6-4-9)22-14-16-19-20-17-14/h3-6,8,12H,7H2,1-2H3,(H,15,21)(H,16,17,19,20). The van der Waals surface area contributed by atoms with Crippen LogP contribution in [0.25, 0.3) is 0 Å². The molecule has 0 radical (unpaired) electrons. The number of carbonyl (C=O) groups is 1. The van der Waals surface area contributed by atoms with E-state index < -0.39 is 6.10 Å². The lowest BCUT2D eigenvalue weighted by atomic mass is 10.0. The number of H-pyrrole nitrogens is 1. The molecule has 1 aromatic heterocycles. The van der Waals surface area contributed by atoms with Gasteiger partial charge in [0.25, 0.3) is 5.91 Å². The predicted molar refractivity (Wildman–Crippen MR) is 81.1 cm³/mol. The Labute approximate surface area is 132 Å². The zero-order chi connectivity index (χ0) is 16.2. The van der Waals surface area contributed by atoms with Crippen molar-refractivity contribution in [2.24, 2.45) is 11.1 Å². The van der Waals surface area contributed by atoms with E-state index in [4.69, 9.17) is 9.57 Å². The minimum Gasteiger partial charge on any atom is -0.422 e. The number of rotatable bonds is 5. The third kappa shape index (κ3) is 3.62. The first-order chi connectivity index (χ1) is 11.1. The van der Waals surface area contributed by atoms with Crippen molar-refractivity contribution in [2.75, 3.05) is 5.32 Å². The first-order valence-corrected chi connectivity index (χ1v) is 7.16. The lowest BCUT2D eigenvalue weighted by molar-refractivity contribution is -0.125. The van der Waals surface area contributed by atoms with Crippen LogP contribution in [0.4, 0.5) is 5.69 Å². The molecular weight excluding hydrogens is 300 g/mol. The van der Waals surface area contributed by atoms with Gasteiger partial charge in [0.15, 0.2) is 0 Å². The minimum atomic E-state index is -0.581. The van der Waals surface area contributed by atoms with E-state index in [0.29, 0.717) is 17.9 Å². The van der Waals surface area contributed by atoms with Crippen molar-refractivity contribution in [3.8, 4) is 11.8 Å². The average molecular weight is 316 g/mol. The van der Waals surface area contributed by atoms with Gasteiger partial charge in [-0.05, 0) is 35.4 Å². The number of ether oxygens (including phenoxy) is 1. The molecule has 2 aromatic rings. The van der Waals surface area contributed by atoms with E-state index in [1.165, 1.54) is 0 Å². The average Bonchev–Trinajstić information content (AvgIpc) is 3.20. The number of hydrogen-bond acceptors (Lipinski definition) is 7. The summed E-state index contributed by atoms with van der Waals surface area (Å²) in [6.45, 7) is 4.04. The van der Waals surface area contributed by atoms with Crippen molar-refractivity contribution in [1.29, 1.82) is 0 Å². The fourth-order valence-corrected chi connectivity index (χ4v) is 2.01. The monoisotopic (exact) mass is 316 g/mol. The van der Waals surface area contributed by atoms with Gasteiger partial charge in [-0.2, -0.15) is 5.21 Å². The van der Waals surface area contributed by atoms with Crippen LogP contribution in [0, 0.1) is 5.92 Å². The molecule has 120 valence electrons. The van der Waals surface area contributed by atoms with Crippen molar-refractivity contribution in [3.63, 3.8) is 0 Å². The lowest BCUT2D eigenvalue weighted by Gasteiger charge is -2.10. The SMILES string of the molecule is CC(C)C1=NOC(C(=O)Nc2ccc(Oc3nn[nH]n3)cc2)C1. The summed E-state index contributed by atoms with van der Waals surface area (Å²) in [6.07, 6.45) is -0.0645. The largest absolute Gasteiger partial charge is 0.422 e. The number of carbonyl (C=O) groups excluding carboxylic acids is 1. The number of benzene rings is 1. The van der Waals surface area contributed by atoms with Crippen LogP contribution in [0.3, 0.4) is 0 Å². The highest BCUT2D eigenvalue weighted by molar-refractivity contribution is 5.99. The molecule has 2 heterocycles. The number of amides is 1. The molecule has 0 aliphatic carbocycles. The van der Waals surface area contributed by atoms with E-state index in [1.54, 1.807) is 24.3 Å². The highest BCUT2D eigenvalue weighted by atomic mass is 16.6. The van der Waals surface area contributed by atoms with Gasteiger partial charge in [0.05, 0.1) is 5.71 Å². The summed E-state index contributed by atoms with van der Waals surface area (Å²) < 4.78 is 5.35. The first-order valence-electron chi connectivity index (χ1n) is 7.16. The molecule has 2 N–H and O–H groups in total. The van der Waals surface area contributed by atoms with Crippen LogP contribution < -0.4 is 10.1 Å². The number of anilines is 1. The third-order valence-corrected chi connectivity index (χ3v) is 3.31. The molecule has 1 aliphatic rings. The summed E-state index contributed by atoms with van der Waals surface area (Å²) in [5.41, 5.74) is 1.53. The molecule has 3 rings (SSSR count). The Morgan fingerprint density at radius 2 is 2.17 bits per heavy atom. The Kier molecular flexibility index (Phi) is 4.18. The number of nitrogens with one attached hydrogen (secondary N) is 2. The normalized spacial score (nSPS) is 16.8. The highest BCUT2D eigenvalue weighted by Crippen LogP contribution is 2.21. The van der Waals surface area contributed by atoms with E-state index >= 15 is 0 Å². The van der Waals surface area contributed by atoms with E-state index in [9.17, 15) is 4.79 Å². The molecule has 1 atom stereocenters. The van der Waals surface area contributed by atoms with E-state index in [1.807, 2.05) is 13.8 Å². The summed E-state index contributed by atoms with van der Waals surface area (Å²) in [7, 11) is 0. The molecule has 1 aliphatic heterocycles. The molecule has 0 spiro atoms. The van der Waals surface area contributed by atoms with Crippen LogP contribution in [0.5, 0.6) is 11.8 Å². The van der Waals surface area contributed by atoms with Crippen molar-refractivity contribution < 1.29 is 14.4 Å². The van der Waals surface area contributed by atoms with Crippen molar-refractivity contribution in [2.45, 2.75) is 26.4 Å². The number of aromatic nitrogens is 4. The highest BCUT2D eigenvalue weighted by Gasteiger charge is 2.29. The van der Waals surface area contributed by atoms with Gasteiger partial charge in [-0.3, -0.25) is 4.79 Å². The summed E-state index contributed by atoms with van der Waals surface area (Å²) in [4.78, 5) is 17.3. The molecule has 23 heavy (non-hydrogen) atoms. The molecule has 9 nitrogen and oxygen atoms in total. The molecule has 0 fully saturated rings. The second kappa shape index (κ2) is 6.42. The summed E-state index contributed by atoms with van der Waals surface area (Å²) in [6, 6.07) is 6.94. The maximum Gasteiger partial charge on any atom is 0.361 e. The number of tetrazole rings is 1. The molecular formula is C14H16N6O3. The van der Waals surface area contributed by atoms with Gasteiger partial charge < -0.3 is 14.9 Å². The molecule has 0 saturated heterocycles. The van der Waals surface area contributed by atoms with Gasteiger partial charge in [0, 0.05) is 12.1 Å². The fraction of sp³-hybridized carbons (Fsp3) is 0.357. The zero-order valence-electron chi connectivity index (χ0n) is 12.7. The smallest absolute Gasteiger partial charge is 0.361 e. The van der Waals surface area contributed by atoms with Crippen LogP contribution >= 0.6 is 0 Å². The summed E-state index contributed by atoms with van der Waals surface area (Å²) in [5, 5.41) is 19.8. The molecule has 9 heteroatoms. The topological polar surface area (TPSA) is 114 Å². The number of hydrogen-bond donors (Lipinski definition) is 2. The fourth-order valence-electron chi connectivity index (χ4n) is 2.01. The molecule has 1 amide bonds. The van der Waals surface area contributed by atoms with Crippen LogP contribution in [0.1, 0.15) is 20.3 Å². The van der Waals surface area contributed by atoms with E-state index in [2.05, 4.69) is 31.1 Å². The summed E-state index contributed by atoms with van der Waals surface area (Å²) >= 11 is 0. The Balaban J connectivity index is 1.55. The second-order valence-corrected chi connectivity index (χ2v) is 5.35. The van der Waals surface area contributed by atoms with E-state index in [0.717, 1.165) is 5.71 Å². The number of nitrogens with zero attached hydrogens (tertiary/aromatic N) is 4. The van der Waals surface area contributed by atoms with Crippen molar-refractivity contribution in [3.05, 3.63) is 24.3 Å².